The largest absolute Gasteiger partial charge is 0.290 e. The Morgan fingerprint density at radius 3 is 2.69 bits per heavy atom. The summed E-state index contributed by atoms with van der Waals surface area (Å²) in [6, 6.07) is 2.66. The summed E-state index contributed by atoms with van der Waals surface area (Å²) in [6.07, 6.45) is 0. The van der Waals surface area contributed by atoms with E-state index in [0.29, 0.717) is 10.0 Å². The van der Waals surface area contributed by atoms with Crippen molar-refractivity contribution in [2.24, 2.45) is 5.84 Å². The summed E-state index contributed by atoms with van der Waals surface area (Å²) < 4.78 is 13.6. The van der Waals surface area contributed by atoms with Crippen molar-refractivity contribution >= 4 is 21.8 Å². The molecule has 1 amide bonds. The Morgan fingerprint density at radius 1 is 1.62 bits per heavy atom. The molecule has 0 fully saturated rings. The van der Waals surface area contributed by atoms with E-state index in [2.05, 4.69) is 15.9 Å². The van der Waals surface area contributed by atoms with E-state index in [1.807, 2.05) is 5.43 Å². The molecule has 1 aromatic carbocycles. The van der Waals surface area contributed by atoms with Crippen molar-refractivity contribution in [2.75, 3.05) is 0 Å². The minimum absolute atomic E-state index is 0.192. The number of nitrogens with two attached hydrogens (primary N) is 1. The van der Waals surface area contributed by atoms with Crippen LogP contribution in [0.1, 0.15) is 15.9 Å². The number of hydrogen-bond donors (Lipinski definition) is 2. The third-order valence-corrected chi connectivity index (χ3v) is 2.50. The van der Waals surface area contributed by atoms with E-state index in [0.717, 1.165) is 6.07 Å². The SMILES string of the molecule is Cc1c(F)cc(C(=O)NN)cc1Br. The van der Waals surface area contributed by atoms with Crippen LogP contribution in [0.25, 0.3) is 0 Å². The highest BCUT2D eigenvalue weighted by Gasteiger charge is 2.09. The minimum Gasteiger partial charge on any atom is -0.290 e. The number of nitrogens with one attached hydrogen (secondary N) is 1. The third kappa shape index (κ3) is 2.05. The Hall–Kier alpha value is -0.940. The van der Waals surface area contributed by atoms with E-state index in [1.54, 1.807) is 6.92 Å². The molecule has 0 aliphatic carbocycles. The zero-order valence-corrected chi connectivity index (χ0v) is 8.48. The molecule has 70 valence electrons. The smallest absolute Gasteiger partial charge is 0.265 e. The molecule has 3 N–H and O–H groups in total. The number of rotatable bonds is 1. The van der Waals surface area contributed by atoms with Crippen molar-refractivity contribution in [3.05, 3.63) is 33.5 Å². The van der Waals surface area contributed by atoms with Gasteiger partial charge in [0.2, 0.25) is 0 Å². The average Bonchev–Trinajstić information content (AvgIpc) is 2.12. The summed E-state index contributed by atoms with van der Waals surface area (Å²) in [4.78, 5) is 11.0. The number of hydrogen-bond acceptors (Lipinski definition) is 2. The summed E-state index contributed by atoms with van der Waals surface area (Å²) in [6.45, 7) is 1.61. The second kappa shape index (κ2) is 3.85. The van der Waals surface area contributed by atoms with E-state index in [1.165, 1.54) is 6.07 Å². The van der Waals surface area contributed by atoms with Gasteiger partial charge in [-0.05, 0) is 24.6 Å². The van der Waals surface area contributed by atoms with Crippen LogP contribution in [0.4, 0.5) is 4.39 Å². The van der Waals surface area contributed by atoms with Crippen LogP contribution in [0.5, 0.6) is 0 Å². The number of halogens is 2. The molecule has 0 saturated heterocycles. The third-order valence-electron chi connectivity index (χ3n) is 1.67. The molecule has 0 spiro atoms. The molecule has 0 heterocycles. The van der Waals surface area contributed by atoms with Crippen LogP contribution in [-0.4, -0.2) is 5.91 Å². The number of amides is 1. The Labute approximate surface area is 83.2 Å². The number of carbonyl (C=O) groups is 1. The van der Waals surface area contributed by atoms with Crippen molar-refractivity contribution in [3.63, 3.8) is 0 Å². The second-order valence-electron chi connectivity index (χ2n) is 2.54. The topological polar surface area (TPSA) is 55.1 Å². The Morgan fingerprint density at radius 2 is 2.23 bits per heavy atom. The fourth-order valence-corrected chi connectivity index (χ4v) is 1.30. The molecule has 0 aliphatic heterocycles. The fourth-order valence-electron chi connectivity index (χ4n) is 0.860. The first-order chi connectivity index (χ1) is 6.06. The molecular formula is C8H8BrFN2O. The first-order valence-corrected chi connectivity index (χ1v) is 4.32. The van der Waals surface area contributed by atoms with Gasteiger partial charge in [0.15, 0.2) is 0 Å². The number of nitrogen functional groups attached to an aromatic ring is 1. The number of benzene rings is 1. The lowest BCUT2D eigenvalue weighted by atomic mass is 10.1. The standard InChI is InChI=1S/C8H8BrFN2O/c1-4-6(9)2-5(3-7(4)10)8(13)12-11/h2-3H,11H2,1H3,(H,12,13). The van der Waals surface area contributed by atoms with E-state index < -0.39 is 11.7 Å². The van der Waals surface area contributed by atoms with E-state index in [-0.39, 0.29) is 5.56 Å². The van der Waals surface area contributed by atoms with Gasteiger partial charge in [-0.1, -0.05) is 15.9 Å². The number of hydrazine groups is 1. The van der Waals surface area contributed by atoms with Crippen molar-refractivity contribution in [2.45, 2.75) is 6.92 Å². The van der Waals surface area contributed by atoms with Crippen LogP contribution in [0.2, 0.25) is 0 Å². The highest BCUT2D eigenvalue weighted by Crippen LogP contribution is 2.20. The van der Waals surface area contributed by atoms with Crippen molar-refractivity contribution in [1.29, 1.82) is 0 Å². The van der Waals surface area contributed by atoms with Crippen LogP contribution in [0.3, 0.4) is 0 Å². The molecule has 3 nitrogen and oxygen atoms in total. The van der Waals surface area contributed by atoms with Gasteiger partial charge in [-0.3, -0.25) is 10.2 Å². The van der Waals surface area contributed by atoms with Crippen molar-refractivity contribution in [1.82, 2.24) is 5.43 Å². The molecule has 5 heteroatoms. The van der Waals surface area contributed by atoms with Gasteiger partial charge in [-0.15, -0.1) is 0 Å². The lowest BCUT2D eigenvalue weighted by molar-refractivity contribution is 0.0953. The molecule has 0 saturated carbocycles. The lowest BCUT2D eigenvalue weighted by Gasteiger charge is -2.03. The predicted octanol–water partition coefficient (Wildman–Crippen LogP) is 1.50. The molecule has 0 aliphatic rings. The molecule has 0 radical (unpaired) electrons. The Bertz CT molecular complexity index is 331. The molecular weight excluding hydrogens is 239 g/mol. The van der Waals surface area contributed by atoms with Gasteiger partial charge in [-0.25, -0.2) is 10.2 Å². The van der Waals surface area contributed by atoms with Crippen LogP contribution in [-0.2, 0) is 0 Å². The van der Waals surface area contributed by atoms with Crippen LogP contribution in [0.15, 0.2) is 16.6 Å². The molecule has 13 heavy (non-hydrogen) atoms. The predicted molar refractivity (Wildman–Crippen MR) is 50.5 cm³/mol. The number of carbonyl (C=O) groups excluding carboxylic acids is 1. The first kappa shape index (κ1) is 10.1. The zero-order valence-electron chi connectivity index (χ0n) is 6.90. The van der Waals surface area contributed by atoms with Crippen LogP contribution >= 0.6 is 15.9 Å². The van der Waals surface area contributed by atoms with E-state index >= 15 is 0 Å². The van der Waals surface area contributed by atoms with Gasteiger partial charge in [0.1, 0.15) is 5.82 Å². The maximum atomic E-state index is 13.1. The van der Waals surface area contributed by atoms with Gasteiger partial charge in [-0.2, -0.15) is 0 Å². The minimum atomic E-state index is -0.514. The molecule has 1 aromatic rings. The monoisotopic (exact) mass is 246 g/mol. The highest BCUT2D eigenvalue weighted by molar-refractivity contribution is 9.10. The van der Waals surface area contributed by atoms with E-state index in [4.69, 9.17) is 5.84 Å². The van der Waals surface area contributed by atoms with Crippen LogP contribution in [0, 0.1) is 12.7 Å². The van der Waals surface area contributed by atoms with Gasteiger partial charge >= 0.3 is 0 Å². The van der Waals surface area contributed by atoms with Gasteiger partial charge in [0, 0.05) is 10.0 Å². The van der Waals surface area contributed by atoms with Crippen molar-refractivity contribution in [3.8, 4) is 0 Å². The molecule has 0 bridgehead atoms. The highest BCUT2D eigenvalue weighted by atomic mass is 79.9. The van der Waals surface area contributed by atoms with Crippen molar-refractivity contribution < 1.29 is 9.18 Å². The Balaban J connectivity index is 3.20. The summed E-state index contributed by atoms with van der Waals surface area (Å²) in [5.74, 6) is 3.95. The molecule has 1 rings (SSSR count). The summed E-state index contributed by atoms with van der Waals surface area (Å²) >= 11 is 3.13. The quantitative estimate of drug-likeness (QED) is 0.449. The molecule has 0 atom stereocenters. The van der Waals surface area contributed by atoms with E-state index in [9.17, 15) is 9.18 Å². The summed E-state index contributed by atoms with van der Waals surface area (Å²) in [5, 5.41) is 0. The fraction of sp³-hybridized carbons (Fsp3) is 0.125. The average molecular weight is 247 g/mol. The van der Waals surface area contributed by atoms with Gasteiger partial charge in [0.25, 0.3) is 5.91 Å². The molecule has 0 aromatic heterocycles. The summed E-state index contributed by atoms with van der Waals surface area (Å²) in [5.41, 5.74) is 2.59. The lowest BCUT2D eigenvalue weighted by Crippen LogP contribution is -2.30. The second-order valence-corrected chi connectivity index (χ2v) is 3.39. The Kier molecular flexibility index (Phi) is 3.00. The maximum Gasteiger partial charge on any atom is 0.265 e. The first-order valence-electron chi connectivity index (χ1n) is 3.53. The van der Waals surface area contributed by atoms with Gasteiger partial charge in [0.05, 0.1) is 0 Å². The maximum absolute atomic E-state index is 13.1. The zero-order chi connectivity index (χ0) is 10.0. The normalized spacial score (nSPS) is 9.85. The summed E-state index contributed by atoms with van der Waals surface area (Å²) in [7, 11) is 0. The van der Waals surface area contributed by atoms with Gasteiger partial charge < -0.3 is 0 Å². The molecule has 0 unspecified atom stereocenters. The van der Waals surface area contributed by atoms with Crippen LogP contribution < -0.4 is 11.3 Å².